The van der Waals surface area contributed by atoms with Crippen LogP contribution in [0, 0.1) is 0 Å². The van der Waals surface area contributed by atoms with Crippen molar-refractivity contribution < 1.29 is 9.84 Å². The first-order valence-corrected chi connectivity index (χ1v) is 5.56. The predicted molar refractivity (Wildman–Crippen MR) is 64.0 cm³/mol. The molecule has 1 heterocycles. The van der Waals surface area contributed by atoms with E-state index in [0.717, 1.165) is 24.1 Å². The van der Waals surface area contributed by atoms with E-state index in [4.69, 9.17) is 4.74 Å². The van der Waals surface area contributed by atoms with Gasteiger partial charge in [0.2, 0.25) is 0 Å². The van der Waals surface area contributed by atoms with Crippen molar-refractivity contribution in [3.63, 3.8) is 0 Å². The normalized spacial score (nSPS) is 14.4. The molecule has 0 radical (unpaired) electrons. The van der Waals surface area contributed by atoms with Gasteiger partial charge in [-0.25, -0.2) is 4.99 Å². The van der Waals surface area contributed by atoms with Crippen molar-refractivity contribution in [2.75, 3.05) is 18.5 Å². The number of rotatable bonds is 3. The molecule has 86 valence electrons. The summed E-state index contributed by atoms with van der Waals surface area (Å²) in [6.45, 7) is 3.41. The molecule has 1 aliphatic heterocycles. The number of phenols is 1. The van der Waals surface area contributed by atoms with Gasteiger partial charge in [0.25, 0.3) is 6.02 Å². The van der Waals surface area contributed by atoms with Crippen LogP contribution in [0.15, 0.2) is 23.2 Å². The Hall–Kier alpha value is -1.71. The minimum Gasteiger partial charge on any atom is -0.508 e. The van der Waals surface area contributed by atoms with E-state index in [1.807, 2.05) is 12.1 Å². The maximum Gasteiger partial charge on any atom is 0.289 e. The first-order valence-electron chi connectivity index (χ1n) is 5.56. The molecule has 4 heteroatoms. The number of nitrogens with one attached hydrogen (secondary N) is 1. The Bertz CT molecular complexity index is 402. The third-order valence-electron chi connectivity index (χ3n) is 2.48. The Balaban J connectivity index is 2.21. The number of benzene rings is 1. The number of nitrogens with zero attached hydrogens (tertiary/aromatic N) is 1. The molecule has 0 spiro atoms. The van der Waals surface area contributed by atoms with Crippen molar-refractivity contribution >= 4 is 11.7 Å². The number of phenolic OH excluding ortho intramolecular Hbond substituents is 1. The lowest BCUT2D eigenvalue weighted by Crippen LogP contribution is -2.13. The summed E-state index contributed by atoms with van der Waals surface area (Å²) in [5, 5.41) is 12.9. The Morgan fingerprint density at radius 2 is 2.38 bits per heavy atom. The maximum atomic E-state index is 9.78. The zero-order chi connectivity index (χ0) is 11.4. The third-order valence-corrected chi connectivity index (χ3v) is 2.48. The molecule has 1 aromatic carbocycles. The Morgan fingerprint density at radius 1 is 1.50 bits per heavy atom. The average Bonchev–Trinajstić information content (AvgIpc) is 2.76. The van der Waals surface area contributed by atoms with Gasteiger partial charge in [0.15, 0.2) is 0 Å². The fourth-order valence-corrected chi connectivity index (χ4v) is 1.73. The summed E-state index contributed by atoms with van der Waals surface area (Å²) in [5.41, 5.74) is 1.80. The number of hydrogen-bond donors (Lipinski definition) is 2. The van der Waals surface area contributed by atoms with Crippen LogP contribution in [-0.2, 0) is 11.2 Å². The van der Waals surface area contributed by atoms with Crippen molar-refractivity contribution in [3.05, 3.63) is 23.8 Å². The molecule has 0 bridgehead atoms. The van der Waals surface area contributed by atoms with E-state index in [2.05, 4.69) is 17.2 Å². The van der Waals surface area contributed by atoms with Gasteiger partial charge in [0, 0.05) is 11.3 Å². The molecule has 4 nitrogen and oxygen atoms in total. The van der Waals surface area contributed by atoms with Gasteiger partial charge in [-0.15, -0.1) is 0 Å². The number of anilines is 1. The number of aromatic hydroxyl groups is 1. The summed E-state index contributed by atoms with van der Waals surface area (Å²) in [5.74, 6) is 0.324. The van der Waals surface area contributed by atoms with Crippen molar-refractivity contribution in [2.45, 2.75) is 19.8 Å². The summed E-state index contributed by atoms with van der Waals surface area (Å²) in [7, 11) is 0. The highest BCUT2D eigenvalue weighted by atomic mass is 16.5. The fourth-order valence-electron chi connectivity index (χ4n) is 1.73. The lowest BCUT2D eigenvalue weighted by atomic mass is 10.1. The number of hydrogen-bond acceptors (Lipinski definition) is 4. The molecular weight excluding hydrogens is 204 g/mol. The van der Waals surface area contributed by atoms with Gasteiger partial charge in [0.1, 0.15) is 12.4 Å². The average molecular weight is 220 g/mol. The standard InChI is InChI=1S/C12H16N2O2/c1-2-4-9-10(5-3-6-11(9)15)14-12-13-7-8-16-12/h3,5-6,15H,2,4,7-8H2,1H3,(H,13,14). The van der Waals surface area contributed by atoms with Crippen LogP contribution in [0.2, 0.25) is 0 Å². The maximum absolute atomic E-state index is 9.78. The second kappa shape index (κ2) is 4.88. The third kappa shape index (κ3) is 2.27. The van der Waals surface area contributed by atoms with Crippen LogP contribution in [0.4, 0.5) is 5.69 Å². The topological polar surface area (TPSA) is 53.8 Å². The molecule has 2 rings (SSSR count). The largest absolute Gasteiger partial charge is 0.508 e. The first kappa shape index (κ1) is 10.8. The van der Waals surface area contributed by atoms with Crippen molar-refractivity contribution in [3.8, 4) is 5.75 Å². The van der Waals surface area contributed by atoms with E-state index < -0.39 is 0 Å². The summed E-state index contributed by atoms with van der Waals surface area (Å²) in [6.07, 6.45) is 1.82. The lowest BCUT2D eigenvalue weighted by Gasteiger charge is -2.12. The molecule has 0 amide bonds. The van der Waals surface area contributed by atoms with Gasteiger partial charge in [0.05, 0.1) is 6.54 Å². The number of ether oxygens (including phenoxy) is 1. The van der Waals surface area contributed by atoms with Gasteiger partial charge in [-0.2, -0.15) is 0 Å². The Labute approximate surface area is 95.0 Å². The van der Waals surface area contributed by atoms with Crippen molar-refractivity contribution in [2.24, 2.45) is 4.99 Å². The molecule has 16 heavy (non-hydrogen) atoms. The van der Waals surface area contributed by atoms with Crippen LogP contribution in [0.5, 0.6) is 5.75 Å². The van der Waals surface area contributed by atoms with Crippen LogP contribution >= 0.6 is 0 Å². The predicted octanol–water partition coefficient (Wildman–Crippen LogP) is 2.14. The van der Waals surface area contributed by atoms with Gasteiger partial charge in [-0.05, 0) is 18.6 Å². The number of amidine groups is 1. The molecule has 0 aromatic heterocycles. The zero-order valence-electron chi connectivity index (χ0n) is 9.36. The smallest absolute Gasteiger partial charge is 0.289 e. The van der Waals surface area contributed by atoms with Gasteiger partial charge in [-0.1, -0.05) is 19.4 Å². The second-order valence-corrected chi connectivity index (χ2v) is 3.71. The van der Waals surface area contributed by atoms with Crippen LogP contribution in [0.1, 0.15) is 18.9 Å². The molecule has 0 unspecified atom stereocenters. The van der Waals surface area contributed by atoms with E-state index in [0.29, 0.717) is 24.9 Å². The summed E-state index contributed by atoms with van der Waals surface area (Å²) >= 11 is 0. The quantitative estimate of drug-likeness (QED) is 0.820. The van der Waals surface area contributed by atoms with Crippen LogP contribution in [-0.4, -0.2) is 24.3 Å². The second-order valence-electron chi connectivity index (χ2n) is 3.71. The van der Waals surface area contributed by atoms with E-state index in [1.165, 1.54) is 0 Å². The molecule has 0 fully saturated rings. The van der Waals surface area contributed by atoms with Crippen molar-refractivity contribution in [1.29, 1.82) is 0 Å². The van der Waals surface area contributed by atoms with Crippen LogP contribution in [0.25, 0.3) is 0 Å². The first-order chi connectivity index (χ1) is 7.81. The minimum absolute atomic E-state index is 0.324. The van der Waals surface area contributed by atoms with Crippen LogP contribution < -0.4 is 5.32 Å². The van der Waals surface area contributed by atoms with Gasteiger partial charge in [-0.3, -0.25) is 0 Å². The Morgan fingerprint density at radius 3 is 3.06 bits per heavy atom. The molecule has 0 saturated carbocycles. The molecule has 1 aromatic rings. The van der Waals surface area contributed by atoms with E-state index in [1.54, 1.807) is 6.07 Å². The van der Waals surface area contributed by atoms with Gasteiger partial charge >= 0.3 is 0 Å². The van der Waals surface area contributed by atoms with Gasteiger partial charge < -0.3 is 15.2 Å². The highest BCUT2D eigenvalue weighted by Crippen LogP contribution is 2.27. The van der Waals surface area contributed by atoms with E-state index in [-0.39, 0.29) is 0 Å². The van der Waals surface area contributed by atoms with E-state index >= 15 is 0 Å². The minimum atomic E-state index is 0.324. The lowest BCUT2D eigenvalue weighted by molar-refractivity contribution is 0.346. The highest BCUT2D eigenvalue weighted by Gasteiger charge is 2.11. The number of aliphatic imine (C=N–C) groups is 1. The summed E-state index contributed by atoms with van der Waals surface area (Å²) < 4.78 is 5.29. The molecule has 0 aliphatic carbocycles. The molecule has 0 atom stereocenters. The fraction of sp³-hybridized carbons (Fsp3) is 0.417. The summed E-state index contributed by atoms with van der Waals surface area (Å²) in [4.78, 5) is 4.16. The van der Waals surface area contributed by atoms with Crippen LogP contribution in [0.3, 0.4) is 0 Å². The monoisotopic (exact) mass is 220 g/mol. The molecule has 2 N–H and O–H groups in total. The Kier molecular flexibility index (Phi) is 3.29. The SMILES string of the molecule is CCCc1c(O)cccc1NC1=NCCO1. The van der Waals surface area contributed by atoms with Crippen molar-refractivity contribution in [1.82, 2.24) is 0 Å². The highest BCUT2D eigenvalue weighted by molar-refractivity contribution is 5.91. The molecule has 0 saturated heterocycles. The molecule has 1 aliphatic rings. The van der Waals surface area contributed by atoms with E-state index in [9.17, 15) is 5.11 Å². The summed E-state index contributed by atoms with van der Waals surface area (Å²) in [6, 6.07) is 5.98. The zero-order valence-corrected chi connectivity index (χ0v) is 9.36. The molecular formula is C12H16N2O2.